The van der Waals surface area contributed by atoms with Crippen molar-refractivity contribution in [3.8, 4) is 0 Å². The van der Waals surface area contributed by atoms with Gasteiger partial charge in [0.2, 0.25) is 11.0 Å². The largest absolute Gasteiger partial charge is 0.335 e. The van der Waals surface area contributed by atoms with Crippen molar-refractivity contribution < 1.29 is 4.79 Å². The summed E-state index contributed by atoms with van der Waals surface area (Å²) in [5.74, 6) is 0.838. The highest BCUT2D eigenvalue weighted by Gasteiger charge is 2.33. The number of carbonyl (C=O) groups is 1. The molecule has 0 unspecified atom stereocenters. The van der Waals surface area contributed by atoms with E-state index in [9.17, 15) is 4.79 Å². The van der Waals surface area contributed by atoms with Crippen LogP contribution in [0.15, 0.2) is 48.5 Å². The molecule has 1 aliphatic heterocycles. The first-order valence-corrected chi connectivity index (χ1v) is 10.4. The highest BCUT2D eigenvalue weighted by molar-refractivity contribution is 7.09. The highest BCUT2D eigenvalue weighted by Crippen LogP contribution is 2.28. The van der Waals surface area contributed by atoms with Crippen LogP contribution in [0.25, 0.3) is 0 Å². The Hall–Kier alpha value is -2.73. The average molecular weight is 393 g/mol. The van der Waals surface area contributed by atoms with E-state index in [0.717, 1.165) is 36.0 Å². The summed E-state index contributed by atoms with van der Waals surface area (Å²) in [7, 11) is 0. The van der Waals surface area contributed by atoms with Gasteiger partial charge in [0.1, 0.15) is 11.9 Å². The van der Waals surface area contributed by atoms with Crippen molar-refractivity contribution in [2.24, 2.45) is 0 Å². The van der Waals surface area contributed by atoms with Gasteiger partial charge in [0.15, 0.2) is 0 Å². The van der Waals surface area contributed by atoms with Crippen LogP contribution in [0, 0.1) is 13.8 Å². The van der Waals surface area contributed by atoms with Crippen LogP contribution in [0.2, 0.25) is 0 Å². The zero-order valence-electron chi connectivity index (χ0n) is 16.2. The number of carbonyl (C=O) groups excluding carboxylic acids is 1. The predicted molar refractivity (Wildman–Crippen MR) is 114 cm³/mol. The molecular formula is C22H24N4OS. The molecule has 1 aromatic heterocycles. The molecule has 2 heterocycles. The van der Waals surface area contributed by atoms with Crippen LogP contribution < -0.4 is 10.2 Å². The molecule has 4 rings (SSSR count). The Morgan fingerprint density at radius 2 is 1.79 bits per heavy atom. The van der Waals surface area contributed by atoms with E-state index in [2.05, 4.69) is 45.8 Å². The Morgan fingerprint density at radius 3 is 2.50 bits per heavy atom. The third-order valence-electron chi connectivity index (χ3n) is 5.06. The van der Waals surface area contributed by atoms with Crippen LogP contribution in [0.4, 0.5) is 10.8 Å². The maximum absolute atomic E-state index is 12.8. The minimum absolute atomic E-state index is 0.0247. The molecule has 0 aliphatic carbocycles. The van der Waals surface area contributed by atoms with Crippen molar-refractivity contribution in [1.82, 2.24) is 9.36 Å². The Balaban J connectivity index is 1.44. The molecule has 1 saturated heterocycles. The number of anilines is 2. The summed E-state index contributed by atoms with van der Waals surface area (Å²) in [5.41, 5.74) is 4.45. The van der Waals surface area contributed by atoms with Gasteiger partial charge in [0, 0.05) is 30.2 Å². The van der Waals surface area contributed by atoms with E-state index in [-0.39, 0.29) is 11.9 Å². The second-order valence-electron chi connectivity index (χ2n) is 7.36. The second-order valence-corrected chi connectivity index (χ2v) is 8.09. The Labute approximate surface area is 169 Å². The first-order valence-electron chi connectivity index (χ1n) is 9.61. The third-order valence-corrected chi connectivity index (χ3v) is 5.85. The number of nitrogens with zero attached hydrogens (tertiary/aromatic N) is 3. The number of aromatic nitrogens is 2. The van der Waals surface area contributed by atoms with Gasteiger partial charge in [-0.15, -0.1) is 0 Å². The van der Waals surface area contributed by atoms with E-state index in [1.807, 2.05) is 31.2 Å². The van der Waals surface area contributed by atoms with E-state index >= 15 is 0 Å². The van der Waals surface area contributed by atoms with Gasteiger partial charge < -0.3 is 10.2 Å². The van der Waals surface area contributed by atoms with Gasteiger partial charge in [0.05, 0.1) is 0 Å². The topological polar surface area (TPSA) is 58.1 Å². The van der Waals surface area contributed by atoms with Gasteiger partial charge in [0.25, 0.3) is 0 Å². The molecule has 0 radical (unpaired) electrons. The molecule has 144 valence electrons. The normalized spacial score (nSPS) is 16.4. The van der Waals surface area contributed by atoms with Crippen molar-refractivity contribution in [3.63, 3.8) is 0 Å². The molecule has 0 saturated carbocycles. The average Bonchev–Trinajstić information content (AvgIpc) is 3.34. The molecule has 0 bridgehead atoms. The Kier molecular flexibility index (Phi) is 5.39. The number of amides is 1. The SMILES string of the molecule is Cc1ccc(Cc2nsc(N3CCC[C@@H]3C(=O)Nc3ccc(C)cc3)n2)cc1. The van der Waals surface area contributed by atoms with Crippen LogP contribution in [0.3, 0.4) is 0 Å². The lowest BCUT2D eigenvalue weighted by molar-refractivity contribution is -0.117. The lowest BCUT2D eigenvalue weighted by atomic mass is 10.1. The van der Waals surface area contributed by atoms with Gasteiger partial charge in [-0.1, -0.05) is 47.5 Å². The van der Waals surface area contributed by atoms with Crippen LogP contribution in [0.5, 0.6) is 0 Å². The van der Waals surface area contributed by atoms with Crippen molar-refractivity contribution >= 4 is 28.3 Å². The summed E-state index contributed by atoms with van der Waals surface area (Å²) in [6.07, 6.45) is 2.54. The van der Waals surface area contributed by atoms with Gasteiger partial charge in [-0.3, -0.25) is 4.79 Å². The fourth-order valence-corrected chi connectivity index (χ4v) is 4.21. The van der Waals surface area contributed by atoms with E-state index in [4.69, 9.17) is 4.98 Å². The summed E-state index contributed by atoms with van der Waals surface area (Å²) in [6, 6.07) is 16.1. The molecule has 3 aromatic rings. The number of rotatable bonds is 5. The van der Waals surface area contributed by atoms with Crippen LogP contribution in [0.1, 0.15) is 35.4 Å². The zero-order chi connectivity index (χ0) is 19.5. The van der Waals surface area contributed by atoms with E-state index in [1.165, 1.54) is 28.2 Å². The molecule has 1 atom stereocenters. The lowest BCUT2D eigenvalue weighted by Crippen LogP contribution is -2.39. The third kappa shape index (κ3) is 4.22. The Morgan fingerprint density at radius 1 is 1.11 bits per heavy atom. The molecule has 1 fully saturated rings. The summed E-state index contributed by atoms with van der Waals surface area (Å²) in [5, 5.41) is 3.88. The molecule has 1 amide bonds. The first kappa shape index (κ1) is 18.6. The fraction of sp³-hybridized carbons (Fsp3) is 0.318. The summed E-state index contributed by atoms with van der Waals surface area (Å²) < 4.78 is 4.52. The standard InChI is InChI=1S/C22H24N4OS/c1-15-5-9-17(10-6-15)14-20-24-22(28-25-20)26-13-3-4-19(26)21(27)23-18-11-7-16(2)8-12-18/h5-12,19H,3-4,13-14H2,1-2H3,(H,23,27)/t19-/m1/s1. The fourth-order valence-electron chi connectivity index (χ4n) is 3.45. The van der Waals surface area contributed by atoms with Crippen LogP contribution in [-0.2, 0) is 11.2 Å². The number of benzene rings is 2. The van der Waals surface area contributed by atoms with E-state index in [1.54, 1.807) is 0 Å². The van der Waals surface area contributed by atoms with Gasteiger partial charge in [-0.25, -0.2) is 4.98 Å². The quantitative estimate of drug-likeness (QED) is 0.701. The Bertz CT molecular complexity index is 949. The lowest BCUT2D eigenvalue weighted by Gasteiger charge is -2.22. The molecule has 1 aliphatic rings. The second kappa shape index (κ2) is 8.10. The van der Waals surface area contributed by atoms with Crippen molar-refractivity contribution in [3.05, 3.63) is 71.0 Å². The van der Waals surface area contributed by atoms with Gasteiger partial charge in [-0.2, -0.15) is 4.37 Å². The molecule has 1 N–H and O–H groups in total. The summed E-state index contributed by atoms with van der Waals surface area (Å²) in [4.78, 5) is 19.6. The van der Waals surface area contributed by atoms with Crippen molar-refractivity contribution in [2.45, 2.75) is 39.2 Å². The molecule has 6 heteroatoms. The van der Waals surface area contributed by atoms with E-state index in [0.29, 0.717) is 6.42 Å². The molecule has 2 aromatic carbocycles. The maximum atomic E-state index is 12.8. The van der Waals surface area contributed by atoms with Gasteiger partial charge in [-0.05, 0) is 44.4 Å². The molecule has 5 nitrogen and oxygen atoms in total. The number of hydrogen-bond acceptors (Lipinski definition) is 5. The minimum atomic E-state index is -0.193. The molecular weight excluding hydrogens is 368 g/mol. The monoisotopic (exact) mass is 392 g/mol. The van der Waals surface area contributed by atoms with Gasteiger partial charge >= 0.3 is 0 Å². The smallest absolute Gasteiger partial charge is 0.247 e. The highest BCUT2D eigenvalue weighted by atomic mass is 32.1. The molecule has 0 spiro atoms. The minimum Gasteiger partial charge on any atom is -0.335 e. The van der Waals surface area contributed by atoms with E-state index < -0.39 is 0 Å². The first-order chi connectivity index (χ1) is 13.6. The number of aryl methyl sites for hydroxylation is 2. The van der Waals surface area contributed by atoms with Crippen LogP contribution in [-0.4, -0.2) is 27.9 Å². The number of hydrogen-bond donors (Lipinski definition) is 1. The maximum Gasteiger partial charge on any atom is 0.247 e. The van der Waals surface area contributed by atoms with Crippen molar-refractivity contribution in [2.75, 3.05) is 16.8 Å². The summed E-state index contributed by atoms with van der Waals surface area (Å²) in [6.45, 7) is 4.96. The van der Waals surface area contributed by atoms with Crippen LogP contribution >= 0.6 is 11.5 Å². The van der Waals surface area contributed by atoms with Crippen molar-refractivity contribution in [1.29, 1.82) is 0 Å². The number of nitrogens with one attached hydrogen (secondary N) is 1. The summed E-state index contributed by atoms with van der Waals surface area (Å²) >= 11 is 1.38. The predicted octanol–water partition coefficient (Wildman–Crippen LogP) is 4.35. The zero-order valence-corrected chi connectivity index (χ0v) is 17.0. The molecule has 28 heavy (non-hydrogen) atoms.